The van der Waals surface area contributed by atoms with E-state index in [0.29, 0.717) is 0 Å². The highest BCUT2D eigenvalue weighted by Crippen LogP contribution is 2.12. The largest absolute Gasteiger partial charge is 0.322 e. The Morgan fingerprint density at radius 3 is 3.33 bits per heavy atom. The fourth-order valence-corrected chi connectivity index (χ4v) is 2.34. The second-order valence-corrected chi connectivity index (χ2v) is 4.38. The second kappa shape index (κ2) is 4.67. The van der Waals surface area contributed by atoms with Crippen molar-refractivity contribution >= 4 is 23.4 Å². The summed E-state index contributed by atoms with van der Waals surface area (Å²) in [6.45, 7) is 2.82. The monoisotopic (exact) mass is 226 g/mol. The molecule has 1 aliphatic heterocycles. The van der Waals surface area contributed by atoms with Crippen molar-refractivity contribution in [2.24, 2.45) is 0 Å². The molecule has 1 aliphatic rings. The highest BCUT2D eigenvalue weighted by molar-refractivity contribution is 7.99. The fraction of sp³-hybridized carbons (Fsp3) is 0.556. The van der Waals surface area contributed by atoms with E-state index in [1.54, 1.807) is 22.6 Å². The number of nitrogens with zero attached hydrogens (tertiary/aromatic N) is 2. The van der Waals surface area contributed by atoms with Gasteiger partial charge < -0.3 is 5.32 Å². The lowest BCUT2D eigenvalue weighted by molar-refractivity contribution is -0.117. The lowest BCUT2D eigenvalue weighted by Gasteiger charge is -2.08. The maximum absolute atomic E-state index is 11.7. The van der Waals surface area contributed by atoms with Gasteiger partial charge in [0.2, 0.25) is 5.91 Å². The molecule has 0 unspecified atom stereocenters. The Labute approximate surface area is 92.6 Å². The minimum absolute atomic E-state index is 0.0238. The van der Waals surface area contributed by atoms with Gasteiger partial charge in [0.05, 0.1) is 17.9 Å². The van der Waals surface area contributed by atoms with Crippen molar-refractivity contribution < 1.29 is 4.79 Å². The summed E-state index contributed by atoms with van der Waals surface area (Å²) >= 11 is 1.74. The molecule has 1 aromatic rings. The van der Waals surface area contributed by atoms with Gasteiger partial charge in [0.15, 0.2) is 0 Å². The molecule has 1 aromatic heterocycles. The van der Waals surface area contributed by atoms with Crippen molar-refractivity contribution in [3.8, 4) is 0 Å². The number of amides is 1. The van der Waals surface area contributed by atoms with Gasteiger partial charge in [-0.2, -0.15) is 5.10 Å². The average molecular weight is 226 g/mol. The molecule has 0 bridgehead atoms. The summed E-state index contributed by atoms with van der Waals surface area (Å²) in [7, 11) is 0. The van der Waals surface area contributed by atoms with Crippen LogP contribution in [0.3, 0.4) is 0 Å². The zero-order chi connectivity index (χ0) is 10.7. The second-order valence-electron chi connectivity index (χ2n) is 3.35. The summed E-state index contributed by atoms with van der Waals surface area (Å²) in [5, 5.41) is 10.1. The van der Waals surface area contributed by atoms with Crippen LogP contribution in [-0.4, -0.2) is 33.4 Å². The molecule has 0 aromatic carbocycles. The molecule has 2 heterocycles. The lowest BCUT2D eigenvalue weighted by atomic mass is 10.3. The Kier molecular flexibility index (Phi) is 3.27. The number of aromatic nitrogens is 2. The first-order valence-electron chi connectivity index (χ1n) is 4.94. The first-order valence-corrected chi connectivity index (χ1v) is 6.09. The van der Waals surface area contributed by atoms with Gasteiger partial charge >= 0.3 is 0 Å². The molecule has 1 atom stereocenters. The van der Waals surface area contributed by atoms with E-state index in [4.69, 9.17) is 0 Å². The predicted molar refractivity (Wildman–Crippen MR) is 60.8 cm³/mol. The van der Waals surface area contributed by atoms with Crippen LogP contribution >= 0.6 is 11.8 Å². The van der Waals surface area contributed by atoms with E-state index in [9.17, 15) is 4.79 Å². The Bertz CT molecular complexity index is 346. The van der Waals surface area contributed by atoms with E-state index in [2.05, 4.69) is 15.7 Å². The molecular weight excluding hydrogens is 212 g/mol. The SMILES string of the molecule is CCn1cc(NC(=O)[C@H]2CSCN2)cn1. The highest BCUT2D eigenvalue weighted by Gasteiger charge is 2.22. The van der Waals surface area contributed by atoms with Crippen LogP contribution in [0.4, 0.5) is 5.69 Å². The fourth-order valence-electron chi connectivity index (χ4n) is 1.39. The van der Waals surface area contributed by atoms with Crippen molar-refractivity contribution in [1.29, 1.82) is 0 Å². The normalized spacial score (nSPS) is 20.5. The van der Waals surface area contributed by atoms with Crippen molar-refractivity contribution in [3.05, 3.63) is 12.4 Å². The number of aryl methyl sites for hydroxylation is 1. The highest BCUT2D eigenvalue weighted by atomic mass is 32.2. The zero-order valence-electron chi connectivity index (χ0n) is 8.56. The summed E-state index contributed by atoms with van der Waals surface area (Å²) in [6, 6.07) is -0.0695. The molecule has 0 saturated carbocycles. The smallest absolute Gasteiger partial charge is 0.242 e. The van der Waals surface area contributed by atoms with Gasteiger partial charge in [-0.3, -0.25) is 14.8 Å². The summed E-state index contributed by atoms with van der Waals surface area (Å²) in [6.07, 6.45) is 3.50. The number of hydrogen-bond donors (Lipinski definition) is 2. The van der Waals surface area contributed by atoms with Gasteiger partial charge in [-0.25, -0.2) is 0 Å². The molecule has 82 valence electrons. The molecule has 2 rings (SSSR count). The van der Waals surface area contributed by atoms with Crippen LogP contribution in [0.1, 0.15) is 6.92 Å². The summed E-state index contributed by atoms with van der Waals surface area (Å²) in [4.78, 5) is 11.7. The number of anilines is 1. The molecule has 5 nitrogen and oxygen atoms in total. The molecule has 1 fully saturated rings. The van der Waals surface area contributed by atoms with Crippen LogP contribution in [0.15, 0.2) is 12.4 Å². The topological polar surface area (TPSA) is 59.0 Å². The standard InChI is InChI=1S/C9H14N4OS/c1-2-13-4-7(3-11-13)12-9(14)8-5-15-6-10-8/h3-4,8,10H,2,5-6H2,1H3,(H,12,14)/t8-/m1/s1. The molecular formula is C9H14N4OS. The Morgan fingerprint density at radius 2 is 2.73 bits per heavy atom. The molecule has 0 radical (unpaired) electrons. The van der Waals surface area contributed by atoms with E-state index < -0.39 is 0 Å². The van der Waals surface area contributed by atoms with E-state index >= 15 is 0 Å². The van der Waals surface area contributed by atoms with Crippen LogP contribution in [0.5, 0.6) is 0 Å². The minimum Gasteiger partial charge on any atom is -0.322 e. The van der Waals surface area contributed by atoms with E-state index in [-0.39, 0.29) is 11.9 Å². The van der Waals surface area contributed by atoms with Crippen LogP contribution in [0.2, 0.25) is 0 Å². The first-order chi connectivity index (χ1) is 7.29. The predicted octanol–water partition coefficient (Wildman–Crippen LogP) is 0.504. The Hall–Kier alpha value is -1.01. The van der Waals surface area contributed by atoms with Crippen molar-refractivity contribution in [2.75, 3.05) is 16.9 Å². The first kappa shape index (κ1) is 10.5. The van der Waals surface area contributed by atoms with Crippen LogP contribution in [0.25, 0.3) is 0 Å². The third-order valence-electron chi connectivity index (χ3n) is 2.26. The van der Waals surface area contributed by atoms with Crippen LogP contribution in [-0.2, 0) is 11.3 Å². The maximum atomic E-state index is 11.7. The summed E-state index contributed by atoms with van der Waals surface area (Å²) in [5.41, 5.74) is 0.764. The third kappa shape index (κ3) is 2.51. The molecule has 1 saturated heterocycles. The number of carbonyl (C=O) groups is 1. The number of rotatable bonds is 3. The average Bonchev–Trinajstić information content (AvgIpc) is 2.87. The summed E-state index contributed by atoms with van der Waals surface area (Å²) < 4.78 is 1.78. The molecule has 2 N–H and O–H groups in total. The maximum Gasteiger partial charge on any atom is 0.242 e. The van der Waals surface area contributed by atoms with Crippen molar-refractivity contribution in [1.82, 2.24) is 15.1 Å². The Morgan fingerprint density at radius 1 is 1.87 bits per heavy atom. The van der Waals surface area contributed by atoms with Crippen molar-refractivity contribution in [2.45, 2.75) is 19.5 Å². The van der Waals surface area contributed by atoms with E-state index in [1.807, 2.05) is 13.1 Å². The third-order valence-corrected chi connectivity index (χ3v) is 3.20. The number of thioether (sulfide) groups is 1. The van der Waals surface area contributed by atoms with Gasteiger partial charge in [-0.1, -0.05) is 0 Å². The van der Waals surface area contributed by atoms with Crippen molar-refractivity contribution in [3.63, 3.8) is 0 Å². The number of nitrogens with one attached hydrogen (secondary N) is 2. The van der Waals surface area contributed by atoms with E-state index in [1.165, 1.54) is 0 Å². The minimum atomic E-state index is -0.0695. The number of hydrogen-bond acceptors (Lipinski definition) is 4. The lowest BCUT2D eigenvalue weighted by Crippen LogP contribution is -2.37. The zero-order valence-corrected chi connectivity index (χ0v) is 9.38. The number of carbonyl (C=O) groups excluding carboxylic acids is 1. The molecule has 0 aliphatic carbocycles. The molecule has 15 heavy (non-hydrogen) atoms. The van der Waals surface area contributed by atoms with E-state index in [0.717, 1.165) is 23.9 Å². The summed E-state index contributed by atoms with van der Waals surface area (Å²) in [5.74, 6) is 1.72. The Balaban J connectivity index is 1.92. The molecule has 0 spiro atoms. The van der Waals surface area contributed by atoms with Crippen LogP contribution in [0, 0.1) is 0 Å². The van der Waals surface area contributed by atoms with Gasteiger partial charge in [0.25, 0.3) is 0 Å². The quantitative estimate of drug-likeness (QED) is 0.788. The van der Waals surface area contributed by atoms with Gasteiger partial charge in [-0.15, -0.1) is 11.8 Å². The molecule has 6 heteroatoms. The van der Waals surface area contributed by atoms with Crippen LogP contribution < -0.4 is 10.6 Å². The van der Waals surface area contributed by atoms with Gasteiger partial charge in [-0.05, 0) is 6.92 Å². The van der Waals surface area contributed by atoms with Gasteiger partial charge in [0.1, 0.15) is 0 Å². The molecule has 1 amide bonds. The van der Waals surface area contributed by atoms with Gasteiger partial charge in [0, 0.05) is 24.4 Å².